The van der Waals surface area contributed by atoms with Crippen LogP contribution < -0.4 is 0 Å². The van der Waals surface area contributed by atoms with Crippen LogP contribution >= 0.6 is 0 Å². The summed E-state index contributed by atoms with van der Waals surface area (Å²) >= 11 is 0. The van der Waals surface area contributed by atoms with Crippen molar-refractivity contribution < 1.29 is 14.9 Å². The molecule has 0 saturated heterocycles. The highest BCUT2D eigenvalue weighted by atomic mass is 17.1. The van der Waals surface area contributed by atoms with E-state index >= 15 is 0 Å². The molecule has 0 aliphatic carbocycles. The van der Waals surface area contributed by atoms with Crippen LogP contribution in [0.1, 0.15) is 6.92 Å². The fourth-order valence-corrected chi connectivity index (χ4v) is 0.287. The number of carbonyl (C=O) groups excluding carboxylic acids is 1. The number of hydrogen-bond donors (Lipinski definition) is 1. The minimum atomic E-state index is -0.639. The second-order valence-corrected chi connectivity index (χ2v) is 2.05. The molecular formula is C5H11NO3. The Labute approximate surface area is 54.0 Å². The van der Waals surface area contributed by atoms with Gasteiger partial charge < -0.3 is 0 Å². The fraction of sp³-hybridized carbons (Fsp3) is 0.800. The Balaban J connectivity index is 3.72. The molecule has 9 heavy (non-hydrogen) atoms. The summed E-state index contributed by atoms with van der Waals surface area (Å²) in [5, 5.41) is 7.88. The minimum Gasteiger partial charge on any atom is -0.299 e. The maximum absolute atomic E-state index is 10.4. The molecule has 0 fully saturated rings. The monoisotopic (exact) mass is 133 g/mol. The summed E-state index contributed by atoms with van der Waals surface area (Å²) in [6.45, 7) is 1.64. The molecule has 0 radical (unpaired) electrons. The third-order valence-corrected chi connectivity index (χ3v) is 1.21. The van der Waals surface area contributed by atoms with Crippen molar-refractivity contribution in [2.45, 2.75) is 13.0 Å². The van der Waals surface area contributed by atoms with Crippen LogP contribution in [0.5, 0.6) is 0 Å². The van der Waals surface area contributed by atoms with E-state index in [4.69, 9.17) is 5.26 Å². The molecule has 0 saturated carbocycles. The average Bonchev–Trinajstić information content (AvgIpc) is 1.84. The van der Waals surface area contributed by atoms with Crippen LogP contribution in [0.15, 0.2) is 0 Å². The largest absolute Gasteiger partial charge is 0.358 e. The number of likely N-dealkylation sites (N-methyl/N-ethyl adjacent to an activating group) is 1. The Morgan fingerprint density at radius 1 is 1.67 bits per heavy atom. The quantitative estimate of drug-likeness (QED) is 0.424. The van der Waals surface area contributed by atoms with E-state index in [0.717, 1.165) is 0 Å². The van der Waals surface area contributed by atoms with Crippen LogP contribution in [-0.2, 0) is 9.68 Å². The van der Waals surface area contributed by atoms with Crippen LogP contribution in [0.3, 0.4) is 0 Å². The lowest BCUT2D eigenvalue weighted by Gasteiger charge is -2.14. The van der Waals surface area contributed by atoms with Gasteiger partial charge in [0.1, 0.15) is 6.04 Å². The number of rotatable bonds is 2. The van der Waals surface area contributed by atoms with Gasteiger partial charge in [0.15, 0.2) is 0 Å². The van der Waals surface area contributed by atoms with Crippen molar-refractivity contribution in [3.8, 4) is 0 Å². The lowest BCUT2D eigenvalue weighted by Crippen LogP contribution is -2.33. The van der Waals surface area contributed by atoms with Gasteiger partial charge in [-0.3, -0.25) is 9.79 Å². The fourth-order valence-electron chi connectivity index (χ4n) is 0.287. The Bertz CT molecular complexity index is 102. The van der Waals surface area contributed by atoms with E-state index in [2.05, 4.69) is 4.89 Å². The van der Waals surface area contributed by atoms with Gasteiger partial charge in [-0.05, 0) is 21.0 Å². The van der Waals surface area contributed by atoms with Gasteiger partial charge >= 0.3 is 5.97 Å². The molecule has 0 aromatic heterocycles. The highest BCUT2D eigenvalue weighted by molar-refractivity contribution is 5.74. The lowest BCUT2D eigenvalue weighted by molar-refractivity contribution is -0.238. The zero-order valence-electron chi connectivity index (χ0n) is 5.79. The zero-order valence-corrected chi connectivity index (χ0v) is 5.79. The highest BCUT2D eigenvalue weighted by Gasteiger charge is 2.15. The van der Waals surface area contributed by atoms with Gasteiger partial charge in [-0.2, -0.15) is 5.26 Å². The average molecular weight is 133 g/mol. The first kappa shape index (κ1) is 8.39. The maximum atomic E-state index is 10.4. The van der Waals surface area contributed by atoms with Crippen LogP contribution in [0.4, 0.5) is 0 Å². The van der Waals surface area contributed by atoms with Gasteiger partial charge in [0.2, 0.25) is 0 Å². The molecule has 54 valence electrons. The minimum absolute atomic E-state index is 0.394. The van der Waals surface area contributed by atoms with Crippen LogP contribution in [0.25, 0.3) is 0 Å². The first-order chi connectivity index (χ1) is 4.09. The van der Waals surface area contributed by atoms with Crippen molar-refractivity contribution in [3.05, 3.63) is 0 Å². The smallest absolute Gasteiger partial charge is 0.299 e. The molecule has 4 heteroatoms. The van der Waals surface area contributed by atoms with E-state index in [1.807, 2.05) is 0 Å². The summed E-state index contributed by atoms with van der Waals surface area (Å²) in [5.74, 6) is -0.639. The zero-order chi connectivity index (χ0) is 7.44. The third-order valence-electron chi connectivity index (χ3n) is 1.21. The van der Waals surface area contributed by atoms with Crippen LogP contribution in [0, 0.1) is 0 Å². The van der Waals surface area contributed by atoms with E-state index in [0.29, 0.717) is 0 Å². The molecule has 1 N–H and O–H groups in total. The molecule has 0 aromatic carbocycles. The summed E-state index contributed by atoms with van der Waals surface area (Å²) in [4.78, 5) is 15.6. The Kier molecular flexibility index (Phi) is 3.19. The van der Waals surface area contributed by atoms with E-state index in [1.54, 1.807) is 25.9 Å². The summed E-state index contributed by atoms with van der Waals surface area (Å²) < 4.78 is 0. The van der Waals surface area contributed by atoms with Gasteiger partial charge in [0, 0.05) is 0 Å². The standard InChI is InChI=1S/C5H11NO3/c1-4(6(2)3)5(7)9-8/h4,8H,1-3H3. The van der Waals surface area contributed by atoms with Gasteiger partial charge in [-0.15, -0.1) is 0 Å². The molecule has 0 aromatic rings. The van der Waals surface area contributed by atoms with Crippen molar-refractivity contribution in [2.75, 3.05) is 14.1 Å². The van der Waals surface area contributed by atoms with Gasteiger partial charge in [-0.25, -0.2) is 4.79 Å². The van der Waals surface area contributed by atoms with Crippen LogP contribution in [0.2, 0.25) is 0 Å². The molecule has 1 unspecified atom stereocenters. The first-order valence-corrected chi connectivity index (χ1v) is 2.61. The van der Waals surface area contributed by atoms with Crippen LogP contribution in [-0.4, -0.2) is 36.3 Å². The first-order valence-electron chi connectivity index (χ1n) is 2.61. The summed E-state index contributed by atoms with van der Waals surface area (Å²) in [6.07, 6.45) is 0. The maximum Gasteiger partial charge on any atom is 0.358 e. The number of carbonyl (C=O) groups is 1. The second-order valence-electron chi connectivity index (χ2n) is 2.05. The van der Waals surface area contributed by atoms with Gasteiger partial charge in [-0.1, -0.05) is 0 Å². The topological polar surface area (TPSA) is 49.8 Å². The molecule has 0 rings (SSSR count). The third kappa shape index (κ3) is 2.43. The van der Waals surface area contributed by atoms with Crippen molar-refractivity contribution in [2.24, 2.45) is 0 Å². The molecule has 0 spiro atoms. The van der Waals surface area contributed by atoms with Crippen molar-refractivity contribution >= 4 is 5.97 Å². The Morgan fingerprint density at radius 3 is 2.22 bits per heavy atom. The Hall–Kier alpha value is -0.610. The Morgan fingerprint density at radius 2 is 2.11 bits per heavy atom. The van der Waals surface area contributed by atoms with Gasteiger partial charge in [0.05, 0.1) is 0 Å². The molecule has 0 aliphatic rings. The molecule has 0 bridgehead atoms. The van der Waals surface area contributed by atoms with Gasteiger partial charge in [0.25, 0.3) is 0 Å². The van der Waals surface area contributed by atoms with Crippen molar-refractivity contribution in [3.63, 3.8) is 0 Å². The summed E-state index contributed by atoms with van der Waals surface area (Å²) in [5.41, 5.74) is 0. The number of hydrogen-bond acceptors (Lipinski definition) is 4. The lowest BCUT2D eigenvalue weighted by atomic mass is 10.3. The van der Waals surface area contributed by atoms with Crippen molar-refractivity contribution in [1.29, 1.82) is 0 Å². The highest BCUT2D eigenvalue weighted by Crippen LogP contribution is 1.92. The molecular weight excluding hydrogens is 122 g/mol. The molecule has 0 aliphatic heterocycles. The normalized spacial score (nSPS) is 13.4. The summed E-state index contributed by atoms with van der Waals surface area (Å²) in [6, 6.07) is -0.394. The predicted molar refractivity (Wildman–Crippen MR) is 31.9 cm³/mol. The number of nitrogens with zero attached hydrogens (tertiary/aromatic N) is 1. The van der Waals surface area contributed by atoms with E-state index < -0.39 is 12.0 Å². The molecule has 1 atom stereocenters. The predicted octanol–water partition coefficient (Wildman–Crippen LogP) is -0.0473. The van der Waals surface area contributed by atoms with E-state index in [-0.39, 0.29) is 0 Å². The molecule has 4 nitrogen and oxygen atoms in total. The van der Waals surface area contributed by atoms with E-state index in [9.17, 15) is 4.79 Å². The second kappa shape index (κ2) is 3.42. The SMILES string of the molecule is CC(C(=O)OO)N(C)C. The molecule has 0 amide bonds. The van der Waals surface area contributed by atoms with E-state index in [1.165, 1.54) is 0 Å². The van der Waals surface area contributed by atoms with Crippen molar-refractivity contribution in [1.82, 2.24) is 4.90 Å². The molecule has 0 heterocycles. The summed E-state index contributed by atoms with van der Waals surface area (Å²) in [7, 11) is 3.45.